The lowest BCUT2D eigenvalue weighted by Gasteiger charge is -2.24. The van der Waals surface area contributed by atoms with E-state index in [1.54, 1.807) is 0 Å². The normalized spacial score (nSPS) is 14.5. The van der Waals surface area contributed by atoms with Gasteiger partial charge in [0.1, 0.15) is 18.1 Å². The molecular formula is C18H26N8O6S. The molecule has 0 fully saturated rings. The van der Waals surface area contributed by atoms with Crippen molar-refractivity contribution >= 4 is 36.3 Å². The van der Waals surface area contributed by atoms with Crippen molar-refractivity contribution in [1.82, 2.24) is 35.9 Å². The van der Waals surface area contributed by atoms with Gasteiger partial charge in [-0.25, -0.2) is 14.8 Å². The van der Waals surface area contributed by atoms with E-state index in [9.17, 15) is 19.2 Å². The Balaban J connectivity index is 2.08. The average molecular weight is 483 g/mol. The van der Waals surface area contributed by atoms with Gasteiger partial charge in [-0.05, 0) is 0 Å². The standard InChI is InChI=1S/C18H26N8O6S/c19-11(1-9-3-20-7-22-9)15(28)24-12(2-10-4-21-8-23-10)16(29)26-14(6-33)17(30)25-13(5-27)18(31)32/h3-4,7-8,11-14,27,33H,1-2,5-6,19H2,(H,20,22)(H,21,23)(H,24,28)(H,25,30)(H,26,29)(H,31,32). The third-order valence-electron chi connectivity index (χ3n) is 4.56. The number of thiol groups is 1. The number of carbonyl (C=O) groups is 4. The predicted octanol–water partition coefficient (Wildman–Crippen LogP) is -3.29. The van der Waals surface area contributed by atoms with Crippen molar-refractivity contribution in [1.29, 1.82) is 0 Å². The third-order valence-corrected chi connectivity index (χ3v) is 4.92. The maximum absolute atomic E-state index is 12.9. The number of nitrogens with one attached hydrogen (secondary N) is 5. The highest BCUT2D eigenvalue weighted by Crippen LogP contribution is 2.03. The van der Waals surface area contributed by atoms with Crippen LogP contribution in [0.4, 0.5) is 0 Å². The molecule has 0 aliphatic heterocycles. The molecular weight excluding hydrogens is 456 g/mol. The first-order valence-corrected chi connectivity index (χ1v) is 10.4. The summed E-state index contributed by atoms with van der Waals surface area (Å²) in [6, 6.07) is -4.88. The molecule has 0 spiro atoms. The maximum Gasteiger partial charge on any atom is 0.328 e. The van der Waals surface area contributed by atoms with Crippen LogP contribution < -0.4 is 21.7 Å². The van der Waals surface area contributed by atoms with Crippen LogP contribution in [0.5, 0.6) is 0 Å². The number of aliphatic hydroxyl groups is 1. The van der Waals surface area contributed by atoms with Gasteiger partial charge in [-0.15, -0.1) is 0 Å². The van der Waals surface area contributed by atoms with Crippen LogP contribution in [0, 0.1) is 0 Å². The molecule has 33 heavy (non-hydrogen) atoms. The van der Waals surface area contributed by atoms with Crippen LogP contribution in [-0.2, 0) is 32.0 Å². The fourth-order valence-corrected chi connectivity index (χ4v) is 3.01. The minimum Gasteiger partial charge on any atom is -0.480 e. The van der Waals surface area contributed by atoms with E-state index in [1.165, 1.54) is 25.0 Å². The smallest absolute Gasteiger partial charge is 0.328 e. The molecule has 3 amide bonds. The number of imidazole rings is 2. The van der Waals surface area contributed by atoms with Gasteiger partial charge in [-0.2, -0.15) is 12.6 Å². The number of amides is 3. The number of aromatic amines is 2. The van der Waals surface area contributed by atoms with Gasteiger partial charge in [0.05, 0.1) is 25.3 Å². The molecule has 15 heteroatoms. The summed E-state index contributed by atoms with van der Waals surface area (Å²) in [6.07, 6.45) is 6.02. The van der Waals surface area contributed by atoms with Crippen molar-refractivity contribution in [2.45, 2.75) is 37.0 Å². The maximum atomic E-state index is 12.9. The topological polar surface area (TPSA) is 228 Å². The Labute approximate surface area is 193 Å². The first kappa shape index (κ1) is 25.8. The molecule has 0 bridgehead atoms. The van der Waals surface area contributed by atoms with Gasteiger partial charge in [0, 0.05) is 42.4 Å². The Morgan fingerprint density at radius 1 is 0.909 bits per heavy atom. The molecule has 180 valence electrons. The van der Waals surface area contributed by atoms with Gasteiger partial charge in [0.25, 0.3) is 0 Å². The Morgan fingerprint density at radius 3 is 1.91 bits per heavy atom. The third kappa shape index (κ3) is 7.89. The zero-order valence-electron chi connectivity index (χ0n) is 17.4. The molecule has 2 heterocycles. The second-order valence-corrected chi connectivity index (χ2v) is 7.42. The van der Waals surface area contributed by atoms with Crippen molar-refractivity contribution in [3.8, 4) is 0 Å². The lowest BCUT2D eigenvalue weighted by Crippen LogP contribution is -2.58. The second-order valence-electron chi connectivity index (χ2n) is 7.06. The predicted molar refractivity (Wildman–Crippen MR) is 117 cm³/mol. The molecule has 4 unspecified atom stereocenters. The lowest BCUT2D eigenvalue weighted by molar-refractivity contribution is -0.143. The Kier molecular flexibility index (Phi) is 9.84. The van der Waals surface area contributed by atoms with Crippen molar-refractivity contribution < 1.29 is 29.4 Å². The van der Waals surface area contributed by atoms with Crippen LogP contribution >= 0.6 is 12.6 Å². The van der Waals surface area contributed by atoms with Crippen LogP contribution in [0.25, 0.3) is 0 Å². The number of hydrogen-bond acceptors (Lipinski definition) is 9. The van der Waals surface area contributed by atoms with Crippen molar-refractivity contribution in [2.75, 3.05) is 12.4 Å². The summed E-state index contributed by atoms with van der Waals surface area (Å²) in [4.78, 5) is 62.3. The minimum absolute atomic E-state index is 0.0175. The van der Waals surface area contributed by atoms with E-state index in [0.717, 1.165) is 0 Å². The summed E-state index contributed by atoms with van der Waals surface area (Å²) < 4.78 is 0. The van der Waals surface area contributed by atoms with Crippen LogP contribution in [-0.4, -0.2) is 90.4 Å². The molecule has 2 rings (SSSR count). The number of aliphatic hydroxyl groups excluding tert-OH is 1. The summed E-state index contributed by atoms with van der Waals surface area (Å²) >= 11 is 4.02. The highest BCUT2D eigenvalue weighted by molar-refractivity contribution is 7.80. The summed E-state index contributed by atoms with van der Waals surface area (Å²) in [5.74, 6) is -3.80. The molecule has 4 atom stereocenters. The summed E-state index contributed by atoms with van der Waals surface area (Å²) in [5.41, 5.74) is 7.11. The van der Waals surface area contributed by atoms with Crippen LogP contribution in [0.2, 0.25) is 0 Å². The van der Waals surface area contributed by atoms with Gasteiger partial charge in [-0.1, -0.05) is 0 Å². The molecule has 0 radical (unpaired) electrons. The average Bonchev–Trinajstić information content (AvgIpc) is 3.48. The van der Waals surface area contributed by atoms with Gasteiger partial charge in [0.15, 0.2) is 0 Å². The first-order chi connectivity index (χ1) is 15.7. The first-order valence-electron chi connectivity index (χ1n) is 9.80. The van der Waals surface area contributed by atoms with E-state index in [2.05, 4.69) is 48.5 Å². The number of aromatic nitrogens is 4. The largest absolute Gasteiger partial charge is 0.480 e. The highest BCUT2D eigenvalue weighted by Gasteiger charge is 2.30. The zero-order valence-corrected chi connectivity index (χ0v) is 18.3. The van der Waals surface area contributed by atoms with Gasteiger partial charge < -0.3 is 41.9 Å². The molecule has 2 aromatic heterocycles. The molecule has 0 aliphatic rings. The Morgan fingerprint density at radius 2 is 1.42 bits per heavy atom. The van der Waals surface area contributed by atoms with Crippen molar-refractivity contribution in [2.24, 2.45) is 5.73 Å². The highest BCUT2D eigenvalue weighted by atomic mass is 32.1. The number of nitrogens with zero attached hydrogens (tertiary/aromatic N) is 2. The van der Waals surface area contributed by atoms with Gasteiger partial charge in [-0.3, -0.25) is 14.4 Å². The number of carbonyl (C=O) groups excluding carboxylic acids is 3. The summed E-state index contributed by atoms with van der Waals surface area (Å²) in [6.45, 7) is -0.832. The van der Waals surface area contributed by atoms with Crippen LogP contribution in [0.3, 0.4) is 0 Å². The number of H-pyrrole nitrogens is 2. The second kappa shape index (κ2) is 12.6. The molecule has 2 aromatic rings. The Bertz CT molecular complexity index is 923. The zero-order chi connectivity index (χ0) is 24.4. The number of rotatable bonds is 13. The van der Waals surface area contributed by atoms with Crippen LogP contribution in [0.1, 0.15) is 11.4 Å². The van der Waals surface area contributed by atoms with Crippen molar-refractivity contribution in [3.63, 3.8) is 0 Å². The molecule has 0 saturated carbocycles. The molecule has 9 N–H and O–H groups in total. The summed E-state index contributed by atoms with van der Waals surface area (Å²) in [5, 5.41) is 25.1. The summed E-state index contributed by atoms with van der Waals surface area (Å²) in [7, 11) is 0. The van der Waals surface area contributed by atoms with E-state index in [-0.39, 0.29) is 18.6 Å². The van der Waals surface area contributed by atoms with Crippen molar-refractivity contribution in [3.05, 3.63) is 36.4 Å². The number of nitrogens with two attached hydrogens (primary N) is 1. The number of carboxylic acid groups (broad SMARTS) is 1. The van der Waals surface area contributed by atoms with Crippen LogP contribution in [0.15, 0.2) is 25.0 Å². The monoisotopic (exact) mass is 482 g/mol. The van der Waals surface area contributed by atoms with E-state index < -0.39 is 54.5 Å². The molecule has 0 aromatic carbocycles. The number of carboxylic acids is 1. The fraction of sp³-hybridized carbons (Fsp3) is 0.444. The molecule has 14 nitrogen and oxygen atoms in total. The van der Waals surface area contributed by atoms with E-state index in [1.807, 2.05) is 0 Å². The van der Waals surface area contributed by atoms with E-state index in [4.69, 9.17) is 15.9 Å². The quantitative estimate of drug-likeness (QED) is 0.130. The Hall–Kier alpha value is -3.43. The molecule has 0 aliphatic carbocycles. The van der Waals surface area contributed by atoms with Gasteiger partial charge in [0.2, 0.25) is 17.7 Å². The number of hydrogen-bond donors (Lipinski definition) is 9. The number of aliphatic carboxylic acids is 1. The lowest BCUT2D eigenvalue weighted by atomic mass is 10.1. The minimum atomic E-state index is -1.54. The van der Waals surface area contributed by atoms with E-state index >= 15 is 0 Å². The fourth-order valence-electron chi connectivity index (χ4n) is 2.75. The van der Waals surface area contributed by atoms with E-state index in [0.29, 0.717) is 11.4 Å². The molecule has 0 saturated heterocycles. The van der Waals surface area contributed by atoms with Gasteiger partial charge >= 0.3 is 5.97 Å². The SMILES string of the molecule is NC(Cc1cnc[nH]1)C(=O)NC(Cc1cnc[nH]1)C(=O)NC(CS)C(=O)NC(CO)C(=O)O.